The Kier molecular flexibility index (Phi) is 6.28. The number of amides is 1. The van der Waals surface area contributed by atoms with Crippen LogP contribution in [0.5, 0.6) is 5.75 Å². The molecule has 0 aliphatic heterocycles. The number of sulfonamides is 1. The molecule has 22 heavy (non-hydrogen) atoms. The van der Waals surface area contributed by atoms with E-state index < -0.39 is 20.3 Å². The summed E-state index contributed by atoms with van der Waals surface area (Å²) in [6, 6.07) is 5.65. The van der Waals surface area contributed by atoms with Crippen LogP contribution < -0.4 is 4.74 Å². The van der Waals surface area contributed by atoms with Crippen molar-refractivity contribution in [3.8, 4) is 5.75 Å². The van der Waals surface area contributed by atoms with E-state index in [1.54, 1.807) is 6.92 Å². The maximum atomic E-state index is 12.6. The molecule has 0 fully saturated rings. The maximum Gasteiger partial charge on any atom is 0.273 e. The number of alkyl halides is 2. The number of ether oxygens (including phenoxy) is 1. The zero-order valence-electron chi connectivity index (χ0n) is 12.3. The Hall–Kier alpha value is -1.24. The van der Waals surface area contributed by atoms with Crippen molar-refractivity contribution in [2.75, 3.05) is 13.7 Å². The lowest BCUT2D eigenvalue weighted by atomic mass is 10.3. The number of halogens is 2. The molecule has 5 nitrogen and oxygen atoms in total. The zero-order chi connectivity index (χ0) is 17.0. The highest BCUT2D eigenvalue weighted by molar-refractivity contribution is 7.89. The minimum absolute atomic E-state index is 0.0660. The van der Waals surface area contributed by atoms with Crippen molar-refractivity contribution in [3.05, 3.63) is 36.9 Å². The average Bonchev–Trinajstić information content (AvgIpc) is 2.51. The summed E-state index contributed by atoms with van der Waals surface area (Å²) in [7, 11) is -2.63. The van der Waals surface area contributed by atoms with Crippen molar-refractivity contribution in [3.63, 3.8) is 0 Å². The molecular weight excluding hydrogens is 349 g/mol. The summed E-state index contributed by atoms with van der Waals surface area (Å²) in [6.07, 6.45) is 1.36. The van der Waals surface area contributed by atoms with Crippen LogP contribution in [0.3, 0.4) is 0 Å². The Bertz CT molecular complexity index is 641. The number of rotatable bonds is 7. The lowest BCUT2D eigenvalue weighted by Gasteiger charge is -2.27. The van der Waals surface area contributed by atoms with Gasteiger partial charge in [0.25, 0.3) is 15.9 Å². The second-order valence-corrected chi connectivity index (χ2v) is 7.71. The molecular formula is C14H17Cl2NO4S. The fourth-order valence-corrected chi connectivity index (χ4v) is 3.33. The third kappa shape index (κ3) is 3.94. The second kappa shape index (κ2) is 7.35. The molecule has 1 amide bonds. The van der Waals surface area contributed by atoms with Gasteiger partial charge in [0, 0.05) is 0 Å². The van der Waals surface area contributed by atoms with Crippen LogP contribution in [0.15, 0.2) is 41.8 Å². The lowest BCUT2D eigenvalue weighted by Crippen LogP contribution is -2.45. The molecule has 0 atom stereocenters. The summed E-state index contributed by atoms with van der Waals surface area (Å²) >= 11 is 11.8. The molecule has 0 aliphatic rings. The van der Waals surface area contributed by atoms with Crippen LogP contribution in [0.4, 0.5) is 0 Å². The van der Waals surface area contributed by atoms with E-state index in [1.165, 1.54) is 37.5 Å². The molecule has 0 N–H and O–H groups in total. The third-order valence-corrected chi connectivity index (χ3v) is 5.55. The number of benzene rings is 1. The molecule has 0 saturated heterocycles. The normalized spacial score (nSPS) is 11.8. The number of nitrogens with zero attached hydrogens (tertiary/aromatic N) is 1. The number of carbonyl (C=O) groups is 1. The van der Waals surface area contributed by atoms with E-state index in [2.05, 4.69) is 6.58 Å². The average molecular weight is 366 g/mol. The quantitative estimate of drug-likeness (QED) is 0.550. The first-order valence-electron chi connectivity index (χ1n) is 6.40. The van der Waals surface area contributed by atoms with Crippen molar-refractivity contribution < 1.29 is 17.9 Å². The first kappa shape index (κ1) is 18.8. The molecule has 0 bridgehead atoms. The van der Waals surface area contributed by atoms with Crippen LogP contribution in [0, 0.1) is 0 Å². The van der Waals surface area contributed by atoms with E-state index in [1.807, 2.05) is 0 Å². The zero-order valence-corrected chi connectivity index (χ0v) is 14.6. The van der Waals surface area contributed by atoms with Gasteiger partial charge in [0.15, 0.2) is 4.33 Å². The molecule has 0 aromatic heterocycles. The Balaban J connectivity index is 3.28. The fraction of sp³-hybridized carbons (Fsp3) is 0.357. The molecule has 0 aliphatic carbocycles. The van der Waals surface area contributed by atoms with Gasteiger partial charge in [-0.05, 0) is 30.7 Å². The summed E-state index contributed by atoms with van der Waals surface area (Å²) in [5.74, 6) is -0.410. The van der Waals surface area contributed by atoms with Gasteiger partial charge in [0.05, 0.1) is 18.6 Å². The number of hydrogen-bond acceptors (Lipinski definition) is 4. The van der Waals surface area contributed by atoms with Gasteiger partial charge in [-0.1, -0.05) is 36.2 Å². The maximum absolute atomic E-state index is 12.6. The van der Waals surface area contributed by atoms with E-state index in [-0.39, 0.29) is 17.9 Å². The lowest BCUT2D eigenvalue weighted by molar-refractivity contribution is -0.126. The minimum atomic E-state index is -4.09. The van der Waals surface area contributed by atoms with E-state index in [4.69, 9.17) is 27.9 Å². The first-order chi connectivity index (χ1) is 10.2. The highest BCUT2D eigenvalue weighted by Crippen LogP contribution is 2.30. The van der Waals surface area contributed by atoms with Crippen molar-refractivity contribution in [2.45, 2.75) is 22.6 Å². The predicted molar refractivity (Wildman–Crippen MR) is 86.8 cm³/mol. The van der Waals surface area contributed by atoms with Crippen LogP contribution in [0.1, 0.15) is 13.3 Å². The van der Waals surface area contributed by atoms with Gasteiger partial charge >= 0.3 is 0 Å². The van der Waals surface area contributed by atoms with Gasteiger partial charge in [0.2, 0.25) is 0 Å². The van der Waals surface area contributed by atoms with E-state index in [9.17, 15) is 13.2 Å². The predicted octanol–water partition coefficient (Wildman–Crippen LogP) is 2.98. The molecule has 0 spiro atoms. The van der Waals surface area contributed by atoms with Crippen LogP contribution in [0.2, 0.25) is 0 Å². The minimum Gasteiger partial charge on any atom is -0.497 e. The summed E-state index contributed by atoms with van der Waals surface area (Å²) in [4.78, 5) is 12.3. The topological polar surface area (TPSA) is 63.7 Å². The standard InChI is InChI=1S/C14H17Cl2NO4S/c1-4-10-17(13(18)14(15,16)5-2)22(19,20)12-8-6-11(21-3)7-9-12/h4,6-9H,1,5,10H2,2-3H3. The second-order valence-electron chi connectivity index (χ2n) is 4.36. The number of hydrogen-bond donors (Lipinski definition) is 0. The largest absolute Gasteiger partial charge is 0.497 e. The van der Waals surface area contributed by atoms with Crippen molar-refractivity contribution in [1.29, 1.82) is 0 Å². The Morgan fingerprint density at radius 1 is 1.36 bits per heavy atom. The summed E-state index contributed by atoms with van der Waals surface area (Å²) in [5, 5.41) is 0. The molecule has 1 aromatic rings. The van der Waals surface area contributed by atoms with Crippen LogP contribution in [-0.2, 0) is 14.8 Å². The summed E-state index contributed by atoms with van der Waals surface area (Å²) in [6.45, 7) is 4.82. The molecule has 1 rings (SSSR count). The number of methoxy groups -OCH3 is 1. The highest BCUT2D eigenvalue weighted by atomic mass is 35.5. The molecule has 0 heterocycles. The van der Waals surface area contributed by atoms with E-state index in [0.29, 0.717) is 10.1 Å². The van der Waals surface area contributed by atoms with Gasteiger partial charge in [-0.2, -0.15) is 0 Å². The molecule has 122 valence electrons. The SMILES string of the molecule is C=CCN(C(=O)C(Cl)(Cl)CC)S(=O)(=O)c1ccc(OC)cc1. The fourth-order valence-electron chi connectivity index (χ4n) is 1.62. The summed E-state index contributed by atoms with van der Waals surface area (Å²) < 4.78 is 29.0. The van der Waals surface area contributed by atoms with Gasteiger partial charge in [-0.3, -0.25) is 4.79 Å². The molecule has 0 radical (unpaired) electrons. The monoisotopic (exact) mass is 365 g/mol. The van der Waals surface area contributed by atoms with Gasteiger partial charge in [0.1, 0.15) is 5.75 Å². The Morgan fingerprint density at radius 3 is 2.32 bits per heavy atom. The molecule has 1 aromatic carbocycles. The Morgan fingerprint density at radius 2 is 1.91 bits per heavy atom. The van der Waals surface area contributed by atoms with Crippen LogP contribution >= 0.6 is 23.2 Å². The van der Waals surface area contributed by atoms with E-state index in [0.717, 1.165) is 0 Å². The number of carbonyl (C=O) groups excluding carboxylic acids is 1. The smallest absolute Gasteiger partial charge is 0.273 e. The highest BCUT2D eigenvalue weighted by Gasteiger charge is 2.40. The van der Waals surface area contributed by atoms with Crippen molar-refractivity contribution in [1.82, 2.24) is 4.31 Å². The van der Waals surface area contributed by atoms with Crippen LogP contribution in [-0.4, -0.2) is 36.6 Å². The van der Waals surface area contributed by atoms with Gasteiger partial charge < -0.3 is 4.74 Å². The molecule has 0 unspecified atom stereocenters. The van der Waals surface area contributed by atoms with Crippen LogP contribution in [0.25, 0.3) is 0 Å². The molecule has 8 heteroatoms. The third-order valence-electron chi connectivity index (χ3n) is 2.93. The molecule has 0 saturated carbocycles. The van der Waals surface area contributed by atoms with E-state index >= 15 is 0 Å². The first-order valence-corrected chi connectivity index (χ1v) is 8.60. The summed E-state index contributed by atoms with van der Waals surface area (Å²) in [5.41, 5.74) is 0. The van der Waals surface area contributed by atoms with Gasteiger partial charge in [-0.15, -0.1) is 6.58 Å². The van der Waals surface area contributed by atoms with Crippen molar-refractivity contribution >= 4 is 39.1 Å². The van der Waals surface area contributed by atoms with Gasteiger partial charge in [-0.25, -0.2) is 12.7 Å². The van der Waals surface area contributed by atoms with Crippen molar-refractivity contribution in [2.24, 2.45) is 0 Å². The Labute approximate surface area is 140 Å².